The number of hydrogen-bond donors (Lipinski definition) is 1. The van der Waals surface area contributed by atoms with Crippen molar-refractivity contribution in [3.05, 3.63) is 34.4 Å². The van der Waals surface area contributed by atoms with Gasteiger partial charge in [0.25, 0.3) is 0 Å². The summed E-state index contributed by atoms with van der Waals surface area (Å²) >= 11 is 12.7. The molecule has 26 heavy (non-hydrogen) atoms. The molecule has 0 saturated heterocycles. The van der Waals surface area contributed by atoms with Gasteiger partial charge in [0.05, 0.1) is 16.9 Å². The number of nitrogens with one attached hydrogen (secondary N) is 1. The lowest BCUT2D eigenvalue weighted by atomic mass is 9.98. The van der Waals surface area contributed by atoms with Crippen molar-refractivity contribution in [1.82, 2.24) is 4.57 Å². The Bertz CT molecular complexity index is 917. The lowest BCUT2D eigenvalue weighted by molar-refractivity contribution is 0.155. The number of rotatable bonds is 3. The minimum atomic E-state index is -3.37. The van der Waals surface area contributed by atoms with Crippen LogP contribution in [0.25, 0.3) is 11.1 Å². The molecule has 5 nitrogen and oxygen atoms in total. The highest BCUT2D eigenvalue weighted by atomic mass is 35.5. The molecule has 2 aliphatic rings. The van der Waals surface area contributed by atoms with Crippen LogP contribution in [0, 0.1) is 0 Å². The second kappa shape index (κ2) is 6.98. The smallest absolute Gasteiger partial charge is 0.235 e. The largest absolute Gasteiger partial charge is 0.490 e. The number of benzene rings is 1. The Morgan fingerprint density at radius 2 is 1.77 bits per heavy atom. The minimum absolute atomic E-state index is 0.0155. The average molecular weight is 415 g/mol. The van der Waals surface area contributed by atoms with E-state index in [1.165, 1.54) is 19.3 Å². The van der Waals surface area contributed by atoms with Gasteiger partial charge in [0.2, 0.25) is 10.0 Å². The van der Waals surface area contributed by atoms with Gasteiger partial charge in [-0.2, -0.15) is 0 Å². The van der Waals surface area contributed by atoms with Gasteiger partial charge in [0.1, 0.15) is 16.7 Å². The molecule has 1 aromatic heterocycles. The summed E-state index contributed by atoms with van der Waals surface area (Å²) in [6.45, 7) is 0.284. The molecule has 2 heterocycles. The molecule has 0 amide bonds. The van der Waals surface area contributed by atoms with Gasteiger partial charge in [-0.3, -0.25) is 4.72 Å². The molecular weight excluding hydrogens is 395 g/mol. The second-order valence-corrected chi connectivity index (χ2v) is 9.38. The fourth-order valence-electron chi connectivity index (χ4n) is 3.62. The minimum Gasteiger partial charge on any atom is -0.490 e. The molecule has 0 unspecified atom stereocenters. The zero-order valence-electron chi connectivity index (χ0n) is 14.2. The predicted molar refractivity (Wildman–Crippen MR) is 105 cm³/mol. The molecule has 0 radical (unpaired) electrons. The van der Waals surface area contributed by atoms with Gasteiger partial charge in [-0.1, -0.05) is 41.8 Å². The first-order valence-corrected chi connectivity index (χ1v) is 11.2. The summed E-state index contributed by atoms with van der Waals surface area (Å²) in [6, 6.07) is 7.57. The second-order valence-electron chi connectivity index (χ2n) is 6.80. The summed E-state index contributed by atoms with van der Waals surface area (Å²) in [6.07, 6.45) is 6.19. The van der Waals surface area contributed by atoms with Gasteiger partial charge in [-0.25, -0.2) is 8.42 Å². The number of nitrogens with zero attached hydrogens (tertiary/aromatic N) is 1. The van der Waals surface area contributed by atoms with E-state index in [1.54, 1.807) is 4.57 Å². The molecule has 1 aliphatic heterocycles. The van der Waals surface area contributed by atoms with Crippen LogP contribution in [0.15, 0.2) is 24.3 Å². The Hall–Kier alpha value is -1.37. The monoisotopic (exact) mass is 414 g/mol. The maximum Gasteiger partial charge on any atom is 0.235 e. The Morgan fingerprint density at radius 1 is 1.08 bits per heavy atom. The van der Waals surface area contributed by atoms with E-state index >= 15 is 0 Å². The normalized spacial score (nSPS) is 19.6. The predicted octanol–water partition coefficient (Wildman–Crippen LogP) is 4.93. The molecule has 1 fully saturated rings. The van der Waals surface area contributed by atoms with Crippen LogP contribution >= 0.6 is 23.2 Å². The van der Waals surface area contributed by atoms with E-state index in [4.69, 9.17) is 27.9 Å². The third kappa shape index (κ3) is 3.42. The van der Waals surface area contributed by atoms with Crippen molar-refractivity contribution in [3.8, 4) is 16.9 Å². The summed E-state index contributed by atoms with van der Waals surface area (Å²) in [5.74, 6) is 1.22. The van der Waals surface area contributed by atoms with Crippen molar-refractivity contribution in [2.24, 2.45) is 0 Å². The third-order valence-corrected chi connectivity index (χ3v) is 7.06. The van der Waals surface area contributed by atoms with E-state index in [1.807, 2.05) is 24.3 Å². The highest BCUT2D eigenvalue weighted by Crippen LogP contribution is 2.44. The summed E-state index contributed by atoms with van der Waals surface area (Å²) in [7, 11) is -3.37. The van der Waals surface area contributed by atoms with Gasteiger partial charge >= 0.3 is 0 Å². The lowest BCUT2D eigenvalue weighted by Crippen LogP contribution is -2.27. The molecule has 0 spiro atoms. The topological polar surface area (TPSA) is 60.3 Å². The SMILES string of the molecule is O=S1(=O)CCn2c(Cl)c(Cl)c(-c3ccc(OC4CCCCC4)cc3)c2N1. The summed E-state index contributed by atoms with van der Waals surface area (Å²) in [4.78, 5) is 0. The van der Waals surface area contributed by atoms with E-state index in [2.05, 4.69) is 4.72 Å². The Morgan fingerprint density at radius 3 is 2.46 bits per heavy atom. The number of halogens is 2. The number of fused-ring (bicyclic) bond motifs is 1. The number of aromatic nitrogens is 1. The van der Waals surface area contributed by atoms with Crippen molar-refractivity contribution in [2.75, 3.05) is 10.5 Å². The number of hydrogen-bond acceptors (Lipinski definition) is 3. The maximum absolute atomic E-state index is 12.0. The van der Waals surface area contributed by atoms with E-state index in [9.17, 15) is 8.42 Å². The zero-order valence-corrected chi connectivity index (χ0v) is 16.5. The molecule has 0 atom stereocenters. The molecule has 4 rings (SSSR count). The summed E-state index contributed by atoms with van der Waals surface area (Å²) < 4.78 is 34.3. The highest BCUT2D eigenvalue weighted by Gasteiger charge is 2.29. The molecular formula is C18H20Cl2N2O3S. The lowest BCUT2D eigenvalue weighted by Gasteiger charge is -2.23. The average Bonchev–Trinajstić information content (AvgIpc) is 2.86. The van der Waals surface area contributed by atoms with Crippen LogP contribution in [0.1, 0.15) is 32.1 Å². The first-order valence-electron chi connectivity index (χ1n) is 8.80. The van der Waals surface area contributed by atoms with Crippen LogP contribution < -0.4 is 9.46 Å². The highest BCUT2D eigenvalue weighted by molar-refractivity contribution is 7.92. The molecule has 8 heteroatoms. The van der Waals surface area contributed by atoms with Gasteiger partial charge in [0, 0.05) is 12.1 Å². The van der Waals surface area contributed by atoms with E-state index in [-0.39, 0.29) is 18.4 Å². The number of ether oxygens (including phenoxy) is 1. The zero-order chi connectivity index (χ0) is 18.3. The van der Waals surface area contributed by atoms with Crippen molar-refractivity contribution < 1.29 is 13.2 Å². The van der Waals surface area contributed by atoms with Gasteiger partial charge < -0.3 is 9.30 Å². The molecule has 0 bridgehead atoms. The maximum atomic E-state index is 12.0. The Labute approximate surface area is 163 Å². The standard InChI is InChI=1S/C18H20Cl2N2O3S/c19-16-15(18-21-26(23,24)11-10-22(18)17(16)20)12-6-8-14(9-7-12)25-13-4-2-1-3-5-13/h6-9,13,21H,1-5,10-11H2. The van der Waals surface area contributed by atoms with Crippen LogP contribution in [0.5, 0.6) is 5.75 Å². The molecule has 140 valence electrons. The first-order chi connectivity index (χ1) is 12.4. The molecule has 2 aromatic rings. The molecule has 1 aromatic carbocycles. The van der Waals surface area contributed by atoms with Crippen molar-refractivity contribution in [3.63, 3.8) is 0 Å². The Kier molecular flexibility index (Phi) is 4.84. The van der Waals surface area contributed by atoms with Gasteiger partial charge in [-0.15, -0.1) is 0 Å². The van der Waals surface area contributed by atoms with Crippen LogP contribution in [-0.2, 0) is 16.6 Å². The van der Waals surface area contributed by atoms with E-state index in [0.29, 0.717) is 21.6 Å². The van der Waals surface area contributed by atoms with E-state index in [0.717, 1.165) is 24.2 Å². The fourth-order valence-corrected chi connectivity index (χ4v) is 5.22. The van der Waals surface area contributed by atoms with Crippen LogP contribution in [-0.4, -0.2) is 24.8 Å². The number of anilines is 1. The van der Waals surface area contributed by atoms with Crippen molar-refractivity contribution in [1.29, 1.82) is 0 Å². The molecule has 1 aliphatic carbocycles. The number of sulfonamides is 1. The summed E-state index contributed by atoms with van der Waals surface area (Å²) in [5.41, 5.74) is 1.40. The summed E-state index contributed by atoms with van der Waals surface area (Å²) in [5, 5.41) is 0.703. The molecule has 1 saturated carbocycles. The van der Waals surface area contributed by atoms with Crippen LogP contribution in [0.3, 0.4) is 0 Å². The van der Waals surface area contributed by atoms with Gasteiger partial charge in [-0.05, 0) is 43.4 Å². The van der Waals surface area contributed by atoms with Crippen molar-refractivity contribution >= 4 is 39.0 Å². The Balaban J connectivity index is 1.64. The quantitative estimate of drug-likeness (QED) is 0.774. The fraction of sp³-hybridized carbons (Fsp3) is 0.444. The van der Waals surface area contributed by atoms with Gasteiger partial charge in [0.15, 0.2) is 0 Å². The first kappa shape index (κ1) is 18.0. The van der Waals surface area contributed by atoms with Crippen LogP contribution in [0.2, 0.25) is 10.2 Å². The van der Waals surface area contributed by atoms with E-state index < -0.39 is 10.0 Å². The van der Waals surface area contributed by atoms with Crippen molar-refractivity contribution in [2.45, 2.75) is 44.8 Å². The third-order valence-electron chi connectivity index (χ3n) is 4.98. The molecule has 1 N–H and O–H groups in total. The van der Waals surface area contributed by atoms with Crippen LogP contribution in [0.4, 0.5) is 5.82 Å².